The fraction of sp³-hybridized carbons (Fsp3) is 0.143. The van der Waals surface area contributed by atoms with Gasteiger partial charge in [-0.25, -0.2) is 4.39 Å². The van der Waals surface area contributed by atoms with Crippen LogP contribution in [0.3, 0.4) is 0 Å². The second kappa shape index (κ2) is 5.01. The molecule has 19 heavy (non-hydrogen) atoms. The van der Waals surface area contributed by atoms with E-state index in [0.29, 0.717) is 16.7 Å². The van der Waals surface area contributed by atoms with Crippen molar-refractivity contribution in [1.82, 2.24) is 0 Å². The SMILES string of the molecule is NCc1cc(F)cc(-c2cccc(C(F)(F)F)c2)c1. The molecule has 0 fully saturated rings. The quantitative estimate of drug-likeness (QED) is 0.820. The fourth-order valence-electron chi connectivity index (χ4n) is 1.81. The Morgan fingerprint density at radius 3 is 2.32 bits per heavy atom. The predicted octanol–water partition coefficient (Wildman–Crippen LogP) is 3.97. The third-order valence-corrected chi connectivity index (χ3v) is 2.72. The molecule has 2 aromatic rings. The van der Waals surface area contributed by atoms with E-state index in [-0.39, 0.29) is 6.54 Å². The highest BCUT2D eigenvalue weighted by Gasteiger charge is 2.30. The average molecular weight is 269 g/mol. The van der Waals surface area contributed by atoms with E-state index in [1.54, 1.807) is 6.07 Å². The van der Waals surface area contributed by atoms with Crippen molar-refractivity contribution in [3.05, 3.63) is 59.4 Å². The summed E-state index contributed by atoms with van der Waals surface area (Å²) in [5.41, 5.74) is 5.88. The van der Waals surface area contributed by atoms with Gasteiger partial charge in [-0.3, -0.25) is 0 Å². The van der Waals surface area contributed by atoms with Crippen molar-refractivity contribution in [2.45, 2.75) is 12.7 Å². The van der Waals surface area contributed by atoms with Crippen molar-refractivity contribution in [1.29, 1.82) is 0 Å². The van der Waals surface area contributed by atoms with Gasteiger partial charge in [-0.2, -0.15) is 13.2 Å². The molecule has 0 bridgehead atoms. The van der Waals surface area contributed by atoms with Crippen molar-refractivity contribution in [2.24, 2.45) is 5.73 Å². The highest BCUT2D eigenvalue weighted by molar-refractivity contribution is 5.65. The molecule has 1 nitrogen and oxygen atoms in total. The molecule has 2 aromatic carbocycles. The fourth-order valence-corrected chi connectivity index (χ4v) is 1.81. The third kappa shape index (κ3) is 3.12. The lowest BCUT2D eigenvalue weighted by Crippen LogP contribution is -2.04. The Morgan fingerprint density at radius 1 is 0.947 bits per heavy atom. The molecule has 0 atom stereocenters. The lowest BCUT2D eigenvalue weighted by atomic mass is 10.0. The molecule has 5 heteroatoms. The third-order valence-electron chi connectivity index (χ3n) is 2.72. The first-order chi connectivity index (χ1) is 8.90. The maximum atomic E-state index is 13.4. The first-order valence-corrected chi connectivity index (χ1v) is 5.57. The van der Waals surface area contributed by atoms with Gasteiger partial charge < -0.3 is 5.73 Å². The molecule has 0 radical (unpaired) electrons. The van der Waals surface area contributed by atoms with Crippen LogP contribution in [-0.2, 0) is 12.7 Å². The molecule has 0 aliphatic rings. The molecule has 0 aliphatic heterocycles. The van der Waals surface area contributed by atoms with Gasteiger partial charge in [-0.05, 0) is 47.0 Å². The van der Waals surface area contributed by atoms with E-state index in [0.717, 1.165) is 12.1 Å². The minimum absolute atomic E-state index is 0.129. The summed E-state index contributed by atoms with van der Waals surface area (Å²) in [4.78, 5) is 0. The first kappa shape index (κ1) is 13.5. The highest BCUT2D eigenvalue weighted by atomic mass is 19.4. The Bertz CT molecular complexity index is 590. The van der Waals surface area contributed by atoms with E-state index in [9.17, 15) is 17.6 Å². The molecule has 0 aliphatic carbocycles. The lowest BCUT2D eigenvalue weighted by Gasteiger charge is -2.10. The van der Waals surface area contributed by atoms with Crippen molar-refractivity contribution in [3.8, 4) is 11.1 Å². The minimum Gasteiger partial charge on any atom is -0.326 e. The molecule has 0 saturated heterocycles. The highest BCUT2D eigenvalue weighted by Crippen LogP contribution is 2.32. The summed E-state index contributed by atoms with van der Waals surface area (Å²) in [5, 5.41) is 0. The van der Waals surface area contributed by atoms with Crippen LogP contribution in [-0.4, -0.2) is 0 Å². The zero-order chi connectivity index (χ0) is 14.0. The van der Waals surface area contributed by atoms with E-state index in [1.807, 2.05) is 0 Å². The Hall–Kier alpha value is -1.88. The monoisotopic (exact) mass is 269 g/mol. The Morgan fingerprint density at radius 2 is 1.68 bits per heavy atom. The summed E-state index contributed by atoms with van der Waals surface area (Å²) in [7, 11) is 0. The zero-order valence-corrected chi connectivity index (χ0v) is 9.84. The van der Waals surface area contributed by atoms with E-state index in [4.69, 9.17) is 5.73 Å². The molecule has 0 saturated carbocycles. The van der Waals surface area contributed by atoms with E-state index < -0.39 is 17.6 Å². The van der Waals surface area contributed by atoms with Gasteiger partial charge in [-0.15, -0.1) is 0 Å². The maximum absolute atomic E-state index is 13.4. The zero-order valence-electron chi connectivity index (χ0n) is 9.84. The standard InChI is InChI=1S/C14H11F4N/c15-13-5-9(8-19)4-11(7-13)10-2-1-3-12(6-10)14(16,17)18/h1-7H,8,19H2. The Labute approximate surface area is 107 Å². The number of benzene rings is 2. The van der Waals surface area contributed by atoms with Gasteiger partial charge >= 0.3 is 6.18 Å². The molecule has 0 heterocycles. The summed E-state index contributed by atoms with van der Waals surface area (Å²) in [6.07, 6.45) is -4.42. The Balaban J connectivity index is 2.50. The van der Waals surface area contributed by atoms with E-state index in [2.05, 4.69) is 0 Å². The number of alkyl halides is 3. The van der Waals surface area contributed by atoms with Gasteiger partial charge in [0.1, 0.15) is 5.82 Å². The van der Waals surface area contributed by atoms with Gasteiger partial charge in [-0.1, -0.05) is 12.1 Å². The van der Waals surface area contributed by atoms with E-state index >= 15 is 0 Å². The maximum Gasteiger partial charge on any atom is 0.416 e. The van der Waals surface area contributed by atoms with Gasteiger partial charge in [0.15, 0.2) is 0 Å². The summed E-state index contributed by atoms with van der Waals surface area (Å²) < 4.78 is 51.2. The van der Waals surface area contributed by atoms with Crippen molar-refractivity contribution >= 4 is 0 Å². The van der Waals surface area contributed by atoms with Gasteiger partial charge in [0.2, 0.25) is 0 Å². The number of hydrogen-bond donors (Lipinski definition) is 1. The van der Waals surface area contributed by atoms with Crippen molar-refractivity contribution < 1.29 is 17.6 Å². The first-order valence-electron chi connectivity index (χ1n) is 5.57. The smallest absolute Gasteiger partial charge is 0.326 e. The molecule has 0 amide bonds. The summed E-state index contributed by atoms with van der Waals surface area (Å²) in [5.74, 6) is -0.518. The summed E-state index contributed by atoms with van der Waals surface area (Å²) in [6, 6.07) is 8.81. The molecule has 0 spiro atoms. The van der Waals surface area contributed by atoms with E-state index in [1.165, 1.54) is 24.3 Å². The Kier molecular flexibility index (Phi) is 3.57. The molecule has 2 N–H and O–H groups in total. The van der Waals surface area contributed by atoms with Crippen LogP contribution in [0.5, 0.6) is 0 Å². The summed E-state index contributed by atoms with van der Waals surface area (Å²) >= 11 is 0. The number of halogens is 4. The largest absolute Gasteiger partial charge is 0.416 e. The number of hydrogen-bond acceptors (Lipinski definition) is 1. The van der Waals surface area contributed by atoms with Gasteiger partial charge in [0, 0.05) is 6.54 Å². The van der Waals surface area contributed by atoms with Crippen LogP contribution in [0.25, 0.3) is 11.1 Å². The van der Waals surface area contributed by atoms with Crippen LogP contribution in [0.2, 0.25) is 0 Å². The van der Waals surface area contributed by atoms with Crippen LogP contribution >= 0.6 is 0 Å². The van der Waals surface area contributed by atoms with Gasteiger partial charge in [0.05, 0.1) is 5.56 Å². The molecule has 100 valence electrons. The second-order valence-corrected chi connectivity index (χ2v) is 4.13. The van der Waals surface area contributed by atoms with Crippen molar-refractivity contribution in [3.63, 3.8) is 0 Å². The molecular weight excluding hydrogens is 258 g/mol. The average Bonchev–Trinajstić information content (AvgIpc) is 2.37. The van der Waals surface area contributed by atoms with Crippen LogP contribution in [0, 0.1) is 5.82 Å². The number of nitrogens with two attached hydrogens (primary N) is 1. The molecular formula is C14H11F4N. The number of rotatable bonds is 2. The normalized spacial score (nSPS) is 11.6. The van der Waals surface area contributed by atoms with Crippen LogP contribution < -0.4 is 5.73 Å². The summed E-state index contributed by atoms with van der Waals surface area (Å²) in [6.45, 7) is 0.129. The van der Waals surface area contributed by atoms with Crippen LogP contribution in [0.15, 0.2) is 42.5 Å². The molecule has 0 unspecified atom stereocenters. The predicted molar refractivity (Wildman–Crippen MR) is 64.7 cm³/mol. The topological polar surface area (TPSA) is 26.0 Å². The minimum atomic E-state index is -4.42. The molecule has 0 aromatic heterocycles. The van der Waals surface area contributed by atoms with Crippen molar-refractivity contribution in [2.75, 3.05) is 0 Å². The second-order valence-electron chi connectivity index (χ2n) is 4.13. The van der Waals surface area contributed by atoms with Crippen LogP contribution in [0.1, 0.15) is 11.1 Å². The van der Waals surface area contributed by atoms with Crippen LogP contribution in [0.4, 0.5) is 17.6 Å². The molecule has 2 rings (SSSR count). The van der Waals surface area contributed by atoms with Gasteiger partial charge in [0.25, 0.3) is 0 Å². The lowest BCUT2D eigenvalue weighted by molar-refractivity contribution is -0.137.